The molecule has 118 valence electrons. The minimum absolute atomic E-state index is 1.06. The average molecular weight is 378 g/mol. The monoisotopic (exact) mass is 376 g/mol. The number of pyridine rings is 4. The zero-order valence-corrected chi connectivity index (χ0v) is 16.7. The van der Waals surface area contributed by atoms with E-state index in [0.717, 1.165) is 17.2 Å². The Hall–Kier alpha value is -2.78. The van der Waals surface area contributed by atoms with Gasteiger partial charge >= 0.3 is 149 Å². The molecule has 0 saturated heterocycles. The van der Waals surface area contributed by atoms with Crippen LogP contribution in [0.4, 0.5) is 0 Å². The van der Waals surface area contributed by atoms with Crippen LogP contribution in [0, 0.1) is 0 Å². The topological polar surface area (TPSA) is 51.6 Å². The predicted molar refractivity (Wildman–Crippen MR) is 95.5 cm³/mol. The van der Waals surface area contributed by atoms with Gasteiger partial charge in [-0.2, -0.15) is 0 Å². The van der Waals surface area contributed by atoms with Gasteiger partial charge in [0.1, 0.15) is 0 Å². The van der Waals surface area contributed by atoms with Gasteiger partial charge in [0.2, 0.25) is 0 Å². The van der Waals surface area contributed by atoms with Crippen LogP contribution < -0.4 is 17.2 Å². The third kappa shape index (κ3) is 2.77. The molecule has 0 saturated carbocycles. The van der Waals surface area contributed by atoms with Gasteiger partial charge in [-0.05, 0) is 0 Å². The molecule has 0 atom stereocenters. The van der Waals surface area contributed by atoms with E-state index in [1.54, 1.807) is 0 Å². The van der Waals surface area contributed by atoms with E-state index >= 15 is 0 Å². The van der Waals surface area contributed by atoms with Crippen LogP contribution in [-0.4, -0.2) is 19.9 Å². The van der Waals surface area contributed by atoms with Crippen molar-refractivity contribution < 1.29 is 14.8 Å². The van der Waals surface area contributed by atoms with Crippen molar-refractivity contribution in [3.05, 3.63) is 97.6 Å². The van der Waals surface area contributed by atoms with Gasteiger partial charge in [-0.1, -0.05) is 0 Å². The van der Waals surface area contributed by atoms with Crippen LogP contribution in [0.2, 0.25) is 0 Å². The average Bonchev–Trinajstić information content (AvgIpc) is 2.72. The Balaban J connectivity index is 2.13. The Morgan fingerprint density at radius 1 is 0.400 bits per heavy atom. The van der Waals surface area contributed by atoms with Crippen LogP contribution in [-0.2, 0) is 14.8 Å². The fraction of sp³-hybridized carbons (Fsp3) is 0. The van der Waals surface area contributed by atoms with E-state index in [9.17, 15) is 0 Å². The molecule has 0 bridgehead atoms. The van der Waals surface area contributed by atoms with Gasteiger partial charge in [0.05, 0.1) is 0 Å². The molecule has 0 N–H and O–H groups in total. The van der Waals surface area contributed by atoms with Crippen LogP contribution in [0.1, 0.15) is 0 Å². The summed E-state index contributed by atoms with van der Waals surface area (Å²) in [6, 6.07) is 24.3. The van der Waals surface area contributed by atoms with Gasteiger partial charge in [0.15, 0.2) is 0 Å². The van der Waals surface area contributed by atoms with Crippen molar-refractivity contribution >= 4 is 17.2 Å². The maximum atomic E-state index is 4.76. The van der Waals surface area contributed by atoms with Gasteiger partial charge < -0.3 is 0 Å². The molecule has 4 heterocycles. The minimum atomic E-state index is -3.88. The predicted octanol–water partition coefficient (Wildman–Crippen LogP) is 1.02. The summed E-state index contributed by atoms with van der Waals surface area (Å²) < 4.78 is 4.23. The van der Waals surface area contributed by atoms with Gasteiger partial charge in [-0.15, -0.1) is 0 Å². The van der Waals surface area contributed by atoms with E-state index in [1.165, 1.54) is 0 Å². The number of aromatic nitrogens is 4. The summed E-state index contributed by atoms with van der Waals surface area (Å²) in [4.78, 5) is 19.0. The molecule has 0 spiro atoms. The molecule has 0 unspecified atom stereocenters. The molecule has 0 aliphatic carbocycles. The molecule has 4 aromatic heterocycles. The number of rotatable bonds is 4. The quantitative estimate of drug-likeness (QED) is 0.498. The van der Waals surface area contributed by atoms with Crippen molar-refractivity contribution in [1.82, 2.24) is 19.9 Å². The van der Waals surface area contributed by atoms with Crippen LogP contribution in [0.25, 0.3) is 0 Å². The Kier molecular flexibility index (Phi) is 4.40. The maximum absolute atomic E-state index is 4.76. The molecular weight excluding hydrogens is 362 g/mol. The first-order valence-corrected chi connectivity index (χ1v) is 14.4. The Morgan fingerprint density at radius 2 is 0.680 bits per heavy atom. The van der Waals surface area contributed by atoms with E-state index in [-0.39, 0.29) is 0 Å². The van der Waals surface area contributed by atoms with Crippen molar-refractivity contribution in [2.75, 3.05) is 0 Å². The molecular formula is C20H16N4Zn. The standard InChI is InChI=1S/4C5H4N.Zn/c4*1-2-4-6-5-3-1;/h4*1-4H;. The second kappa shape index (κ2) is 7.00. The summed E-state index contributed by atoms with van der Waals surface area (Å²) >= 11 is -3.88. The molecule has 5 heteroatoms. The van der Waals surface area contributed by atoms with Gasteiger partial charge in [0.25, 0.3) is 0 Å². The summed E-state index contributed by atoms with van der Waals surface area (Å²) in [7, 11) is 0. The first kappa shape index (κ1) is 15.7. The van der Waals surface area contributed by atoms with Crippen molar-refractivity contribution in [2.24, 2.45) is 0 Å². The van der Waals surface area contributed by atoms with Crippen LogP contribution in [0.15, 0.2) is 97.6 Å². The van der Waals surface area contributed by atoms with Gasteiger partial charge in [-0.3, -0.25) is 0 Å². The molecule has 0 aliphatic rings. The SMILES string of the molecule is c1cc[c]([Zn]([c]2ccccn2)([c]2ccccn2)[c]2ccccn2)nc1. The summed E-state index contributed by atoms with van der Waals surface area (Å²) in [6.45, 7) is 0. The van der Waals surface area contributed by atoms with Crippen molar-refractivity contribution in [3.8, 4) is 0 Å². The summed E-state index contributed by atoms with van der Waals surface area (Å²) in [5, 5.41) is 0. The van der Waals surface area contributed by atoms with Crippen molar-refractivity contribution in [1.29, 1.82) is 0 Å². The van der Waals surface area contributed by atoms with E-state index in [2.05, 4.69) is 24.3 Å². The van der Waals surface area contributed by atoms with Gasteiger partial charge in [0, 0.05) is 0 Å². The molecule has 4 aromatic rings. The summed E-state index contributed by atoms with van der Waals surface area (Å²) in [6.07, 6.45) is 7.38. The first-order chi connectivity index (χ1) is 12.4. The normalized spacial score (nSPS) is 10.6. The zero-order chi connectivity index (χ0) is 17.0. The van der Waals surface area contributed by atoms with Gasteiger partial charge in [-0.25, -0.2) is 0 Å². The molecule has 0 aromatic carbocycles. The third-order valence-corrected chi connectivity index (χ3v) is 17.7. The van der Waals surface area contributed by atoms with Crippen molar-refractivity contribution in [2.45, 2.75) is 0 Å². The fourth-order valence-electron chi connectivity index (χ4n) is 3.96. The Bertz CT molecular complexity index is 769. The van der Waals surface area contributed by atoms with Crippen LogP contribution >= 0.6 is 0 Å². The molecule has 0 fully saturated rings. The third-order valence-electron chi connectivity index (χ3n) is 5.08. The van der Waals surface area contributed by atoms with E-state index < -0.39 is 14.8 Å². The van der Waals surface area contributed by atoms with Crippen LogP contribution in [0.5, 0.6) is 0 Å². The number of hydrogen-bond acceptors (Lipinski definition) is 4. The van der Waals surface area contributed by atoms with Crippen LogP contribution in [0.3, 0.4) is 0 Å². The second-order valence-corrected chi connectivity index (χ2v) is 16.9. The molecule has 0 amide bonds. The molecule has 4 nitrogen and oxygen atoms in total. The summed E-state index contributed by atoms with van der Waals surface area (Å²) in [5.74, 6) is 0. The van der Waals surface area contributed by atoms with Crippen molar-refractivity contribution in [3.63, 3.8) is 0 Å². The first-order valence-electron chi connectivity index (χ1n) is 8.50. The molecule has 4 rings (SSSR count). The van der Waals surface area contributed by atoms with E-state index in [1.807, 2.05) is 73.3 Å². The second-order valence-electron chi connectivity index (χ2n) is 6.34. The molecule has 0 radical (unpaired) electrons. The Morgan fingerprint density at radius 3 is 0.880 bits per heavy atom. The molecule has 0 aliphatic heterocycles. The number of nitrogens with zero attached hydrogens (tertiary/aromatic N) is 4. The number of hydrogen-bond donors (Lipinski definition) is 0. The fourth-order valence-corrected chi connectivity index (χ4v) is 15.9. The van der Waals surface area contributed by atoms with E-state index in [4.69, 9.17) is 19.9 Å². The summed E-state index contributed by atoms with van der Waals surface area (Å²) in [5.41, 5.74) is 0. The molecule has 25 heavy (non-hydrogen) atoms. The van der Waals surface area contributed by atoms with E-state index in [0.29, 0.717) is 0 Å². The Labute approximate surface area is 149 Å². The zero-order valence-electron chi connectivity index (χ0n) is 13.7.